The van der Waals surface area contributed by atoms with Crippen LogP contribution in [0.3, 0.4) is 0 Å². The van der Waals surface area contributed by atoms with Crippen LogP contribution in [0.4, 0.5) is 0 Å². The van der Waals surface area contributed by atoms with E-state index in [-0.39, 0.29) is 23.9 Å². The molecule has 0 radical (unpaired) electrons. The molecule has 4 heterocycles. The molecule has 2 saturated heterocycles. The van der Waals surface area contributed by atoms with Gasteiger partial charge in [-0.15, -0.1) is 0 Å². The average Bonchev–Trinajstić information content (AvgIpc) is 3.81. The number of ether oxygens (including phenoxy) is 2. The fourth-order valence-corrected chi connectivity index (χ4v) is 12.0. The maximum atomic E-state index is 15.2. The molecule has 51 heavy (non-hydrogen) atoms. The maximum absolute atomic E-state index is 15.2. The molecule has 2 aromatic carbocycles. The Morgan fingerprint density at radius 1 is 0.922 bits per heavy atom. The third-order valence-electron chi connectivity index (χ3n) is 13.1. The predicted octanol–water partition coefficient (Wildman–Crippen LogP) is 5.79. The topological polar surface area (TPSA) is 110 Å². The van der Waals surface area contributed by atoms with E-state index in [1.165, 1.54) is 24.8 Å². The van der Waals surface area contributed by atoms with Crippen LogP contribution in [0.5, 0.6) is 5.75 Å². The van der Waals surface area contributed by atoms with Gasteiger partial charge in [-0.3, -0.25) is 9.59 Å². The summed E-state index contributed by atoms with van der Waals surface area (Å²) in [5.74, 6) is 0.797. The summed E-state index contributed by atoms with van der Waals surface area (Å²) in [5.41, 5.74) is 5.32. The molecule has 3 aliphatic carbocycles. The normalized spacial score (nSPS) is 28.4. The summed E-state index contributed by atoms with van der Waals surface area (Å²) in [7, 11) is 0.0239. The number of morpholine rings is 1. The van der Waals surface area contributed by atoms with Gasteiger partial charge in [0.2, 0.25) is 15.9 Å². The fraction of sp³-hybridized carbons (Fsp3) is 0.600. The van der Waals surface area contributed by atoms with E-state index in [1.54, 1.807) is 13.2 Å². The van der Waals surface area contributed by atoms with Crippen molar-refractivity contribution in [2.75, 3.05) is 40.5 Å². The molecule has 1 N–H and O–H groups in total. The number of nitrogens with one attached hydrogen (secondary N) is 1. The summed E-state index contributed by atoms with van der Waals surface area (Å²) >= 11 is 0. The Bertz CT molecular complexity index is 1980. The van der Waals surface area contributed by atoms with E-state index in [0.717, 1.165) is 85.1 Å². The van der Waals surface area contributed by atoms with Gasteiger partial charge in [0.25, 0.3) is 5.91 Å². The highest BCUT2D eigenvalue weighted by Crippen LogP contribution is 2.66. The number of carbonyl (C=O) groups is 2. The number of amides is 2. The minimum Gasteiger partial charge on any atom is -0.497 e. The number of carbonyl (C=O) groups excluding carboxylic acids is 2. The van der Waals surface area contributed by atoms with Crippen molar-refractivity contribution in [3.63, 3.8) is 0 Å². The van der Waals surface area contributed by atoms with Crippen molar-refractivity contribution < 1.29 is 27.5 Å². The molecule has 6 aliphatic rings. The third-order valence-corrected chi connectivity index (χ3v) is 14.9. The molecule has 272 valence electrons. The van der Waals surface area contributed by atoms with Crippen LogP contribution in [0, 0.1) is 5.41 Å². The Morgan fingerprint density at radius 2 is 1.63 bits per heavy atom. The molecule has 3 aliphatic heterocycles. The number of rotatable bonds is 6. The van der Waals surface area contributed by atoms with Gasteiger partial charge in [-0.2, -0.15) is 0 Å². The lowest BCUT2D eigenvalue weighted by atomic mass is 9.81. The monoisotopic (exact) mass is 714 g/mol. The first kappa shape index (κ1) is 33.4. The zero-order chi connectivity index (χ0) is 35.1. The van der Waals surface area contributed by atoms with E-state index in [1.807, 2.05) is 18.2 Å². The molecular formula is C40H50N4O6S. The lowest BCUT2D eigenvalue weighted by Gasteiger charge is -2.50. The number of aromatic nitrogens is 1. The average molecular weight is 715 g/mol. The van der Waals surface area contributed by atoms with Crippen molar-refractivity contribution in [3.05, 3.63) is 53.1 Å². The van der Waals surface area contributed by atoms with Crippen molar-refractivity contribution in [3.8, 4) is 17.0 Å². The number of hydrogen-bond donors (Lipinski definition) is 1. The van der Waals surface area contributed by atoms with Gasteiger partial charge in [0.15, 0.2) is 0 Å². The smallest absolute Gasteiger partial charge is 0.264 e. The van der Waals surface area contributed by atoms with Gasteiger partial charge in [-0.25, -0.2) is 13.1 Å². The van der Waals surface area contributed by atoms with Crippen LogP contribution in [0.25, 0.3) is 22.2 Å². The first-order chi connectivity index (χ1) is 24.7. The van der Waals surface area contributed by atoms with E-state index in [2.05, 4.69) is 38.3 Å². The molecule has 2 amide bonds. The highest BCUT2D eigenvalue weighted by molar-refractivity contribution is 7.90. The number of likely N-dealkylation sites (N-methyl/N-ethyl adjacent to an activating group) is 1. The second-order valence-electron chi connectivity index (χ2n) is 16.3. The van der Waals surface area contributed by atoms with Gasteiger partial charge in [-0.1, -0.05) is 44.6 Å². The van der Waals surface area contributed by atoms with Gasteiger partial charge < -0.3 is 23.8 Å². The molecule has 0 spiro atoms. The maximum Gasteiger partial charge on any atom is 0.264 e. The predicted molar refractivity (Wildman–Crippen MR) is 196 cm³/mol. The second kappa shape index (κ2) is 12.6. The Labute approximate surface area is 300 Å². The highest BCUT2D eigenvalue weighted by atomic mass is 32.2. The molecular weight excluding hydrogens is 665 g/mol. The standard InChI is InChI=1S/C40H50N4O6S/c1-42-20-27-22-50-23-28(21-42)44(27)39(46)40-19-34(40)33-18-29(49-2)14-16-31(33)37-36(25-9-5-3-6-10-25)32-15-13-26(17-35(32)43(37)24-40)38(45)41-51(47,48)30-11-7-4-8-12-30/h13-18,25,27-28,30,34H,3-12,19-24H2,1-2H3,(H,41,45)/t27-,28?,34?,40?/m1/s1. The third kappa shape index (κ3) is 5.52. The molecule has 9 rings (SSSR count). The number of hydrogen-bond acceptors (Lipinski definition) is 7. The molecule has 1 aromatic heterocycles. The fourth-order valence-electron chi connectivity index (χ4n) is 10.5. The van der Waals surface area contributed by atoms with Crippen LogP contribution < -0.4 is 9.46 Å². The molecule has 3 unspecified atom stereocenters. The number of fused-ring (bicyclic) bond motifs is 9. The Morgan fingerprint density at radius 3 is 2.33 bits per heavy atom. The molecule has 3 aromatic rings. The first-order valence-corrected chi connectivity index (χ1v) is 20.7. The lowest BCUT2D eigenvalue weighted by molar-refractivity contribution is -0.160. The van der Waals surface area contributed by atoms with Crippen LogP contribution >= 0.6 is 0 Å². The highest BCUT2D eigenvalue weighted by Gasteiger charge is 2.65. The van der Waals surface area contributed by atoms with Crippen LogP contribution in [0.1, 0.15) is 104 Å². The molecule has 2 bridgehead atoms. The lowest BCUT2D eigenvalue weighted by Crippen LogP contribution is -2.66. The van der Waals surface area contributed by atoms with E-state index in [4.69, 9.17) is 9.47 Å². The summed E-state index contributed by atoms with van der Waals surface area (Å²) in [6, 6.07) is 12.1. The molecule has 11 heteroatoms. The summed E-state index contributed by atoms with van der Waals surface area (Å²) in [6.07, 6.45) is 10.4. The van der Waals surface area contributed by atoms with Crippen molar-refractivity contribution >= 4 is 32.7 Å². The number of methoxy groups -OCH3 is 1. The largest absolute Gasteiger partial charge is 0.497 e. The summed E-state index contributed by atoms with van der Waals surface area (Å²) < 4.78 is 43.2. The SMILES string of the molecule is COc1ccc2c(c1)C1CC1(C(=O)N1C3COC[C@H]1CN(C)C3)Cn1c-2c(C2CCCCC2)c2ccc(C(=O)NS(=O)(=O)C3CCCCC3)cc21. The van der Waals surface area contributed by atoms with Crippen LogP contribution in [-0.4, -0.2) is 92.4 Å². The Balaban J connectivity index is 1.19. The summed E-state index contributed by atoms with van der Waals surface area (Å²) in [6.45, 7) is 3.18. The van der Waals surface area contributed by atoms with Crippen LogP contribution in [0.2, 0.25) is 0 Å². The first-order valence-electron chi connectivity index (χ1n) is 19.2. The van der Waals surface area contributed by atoms with Crippen LogP contribution in [-0.2, 0) is 26.1 Å². The number of nitrogens with zero attached hydrogens (tertiary/aromatic N) is 3. The zero-order valence-corrected chi connectivity index (χ0v) is 30.7. The van der Waals surface area contributed by atoms with Crippen molar-refractivity contribution in [1.29, 1.82) is 0 Å². The van der Waals surface area contributed by atoms with E-state index < -0.39 is 26.6 Å². The van der Waals surface area contributed by atoms with Crippen molar-refractivity contribution in [2.24, 2.45) is 5.41 Å². The quantitative estimate of drug-likeness (QED) is 0.345. The molecule has 10 nitrogen and oxygen atoms in total. The second-order valence-corrected chi connectivity index (χ2v) is 18.3. The zero-order valence-electron chi connectivity index (χ0n) is 29.9. The summed E-state index contributed by atoms with van der Waals surface area (Å²) in [4.78, 5) is 33.4. The Kier molecular flexibility index (Phi) is 8.27. The van der Waals surface area contributed by atoms with Crippen LogP contribution in [0.15, 0.2) is 36.4 Å². The molecule has 3 saturated carbocycles. The molecule has 5 fully saturated rings. The molecule has 4 atom stereocenters. The minimum absolute atomic E-state index is 0.0127. The van der Waals surface area contributed by atoms with Crippen molar-refractivity contribution in [1.82, 2.24) is 19.1 Å². The number of sulfonamides is 1. The summed E-state index contributed by atoms with van der Waals surface area (Å²) in [5, 5.41) is 0.559. The van der Waals surface area contributed by atoms with Gasteiger partial charge in [0.1, 0.15) is 5.75 Å². The van der Waals surface area contributed by atoms with Gasteiger partial charge in [-0.05, 0) is 86.5 Å². The Hall–Kier alpha value is -3.41. The van der Waals surface area contributed by atoms with Gasteiger partial charge >= 0.3 is 0 Å². The van der Waals surface area contributed by atoms with Gasteiger partial charge in [0, 0.05) is 47.6 Å². The van der Waals surface area contributed by atoms with Gasteiger partial charge in [0.05, 0.1) is 48.8 Å². The van der Waals surface area contributed by atoms with Crippen molar-refractivity contribution in [2.45, 2.75) is 106 Å². The number of benzene rings is 2. The van der Waals surface area contributed by atoms with E-state index >= 15 is 4.79 Å². The van der Waals surface area contributed by atoms with E-state index in [9.17, 15) is 13.2 Å². The minimum atomic E-state index is -3.79. The number of piperazine rings is 1. The van der Waals surface area contributed by atoms with E-state index in [0.29, 0.717) is 44.1 Å².